The van der Waals surface area contributed by atoms with E-state index < -0.39 is 36.3 Å². The number of anilines is 1. The maximum Gasteiger partial charge on any atom is 0.326 e. The summed E-state index contributed by atoms with van der Waals surface area (Å²) in [7, 11) is 0. The van der Waals surface area contributed by atoms with Crippen LogP contribution in [0.25, 0.3) is 0 Å². The maximum atomic E-state index is 11.6. The van der Waals surface area contributed by atoms with Gasteiger partial charge in [0, 0.05) is 11.3 Å². The zero-order chi connectivity index (χ0) is 16.0. The molecule has 0 aliphatic carbocycles. The number of carbonyl (C=O) groups excluding carboxylic acids is 2. The fraction of sp³-hybridized carbons (Fsp3) is 0.167. The van der Waals surface area contributed by atoms with Gasteiger partial charge >= 0.3 is 18.0 Å². The molecule has 0 bridgehead atoms. The summed E-state index contributed by atoms with van der Waals surface area (Å²) in [5, 5.41) is 21.6. The molecule has 0 aliphatic rings. The van der Waals surface area contributed by atoms with Gasteiger partial charge in [0.25, 0.3) is 0 Å². The third-order valence-electron chi connectivity index (χ3n) is 2.39. The summed E-state index contributed by atoms with van der Waals surface area (Å²) in [6.07, 6.45) is -0.760. The topological polar surface area (TPSA) is 159 Å². The first kappa shape index (κ1) is 16.0. The van der Waals surface area contributed by atoms with Crippen LogP contribution in [0.2, 0.25) is 0 Å². The van der Waals surface area contributed by atoms with E-state index in [1.165, 1.54) is 24.3 Å². The predicted octanol–water partition coefficient (Wildman–Crippen LogP) is -0.165. The smallest absolute Gasteiger partial charge is 0.326 e. The lowest BCUT2D eigenvalue weighted by Gasteiger charge is -2.13. The second-order valence-corrected chi connectivity index (χ2v) is 4.03. The summed E-state index contributed by atoms with van der Waals surface area (Å²) in [4.78, 5) is 43.9. The number of primary amides is 1. The van der Waals surface area contributed by atoms with E-state index in [-0.39, 0.29) is 11.3 Å². The van der Waals surface area contributed by atoms with Crippen molar-refractivity contribution in [2.75, 3.05) is 5.32 Å². The number of carboxylic acid groups (broad SMARTS) is 2. The maximum absolute atomic E-state index is 11.6. The average Bonchev–Trinajstić information content (AvgIpc) is 2.37. The monoisotopic (exact) mass is 295 g/mol. The first-order valence-electron chi connectivity index (χ1n) is 5.71. The van der Waals surface area contributed by atoms with Gasteiger partial charge in [0.15, 0.2) is 0 Å². The number of amides is 3. The van der Waals surface area contributed by atoms with Gasteiger partial charge in [-0.05, 0) is 18.2 Å². The van der Waals surface area contributed by atoms with Gasteiger partial charge in [0.05, 0.1) is 6.42 Å². The lowest BCUT2D eigenvalue weighted by atomic mass is 10.2. The first-order chi connectivity index (χ1) is 9.79. The molecule has 1 atom stereocenters. The highest BCUT2D eigenvalue weighted by Crippen LogP contribution is 2.10. The molecule has 0 fully saturated rings. The normalized spacial score (nSPS) is 11.2. The van der Waals surface area contributed by atoms with Crippen molar-refractivity contribution in [3.8, 4) is 0 Å². The number of rotatable bonds is 6. The van der Waals surface area contributed by atoms with Gasteiger partial charge < -0.3 is 26.6 Å². The molecule has 112 valence electrons. The first-order valence-corrected chi connectivity index (χ1v) is 5.71. The van der Waals surface area contributed by atoms with Gasteiger partial charge in [0.1, 0.15) is 6.04 Å². The van der Waals surface area contributed by atoms with E-state index in [0.717, 1.165) is 0 Å². The molecule has 0 radical (unpaired) electrons. The van der Waals surface area contributed by atoms with Crippen LogP contribution in [0.1, 0.15) is 16.8 Å². The van der Waals surface area contributed by atoms with Gasteiger partial charge in [-0.25, -0.2) is 9.59 Å². The summed E-state index contributed by atoms with van der Waals surface area (Å²) in [6, 6.07) is 3.19. The Labute approximate surface area is 118 Å². The quantitative estimate of drug-likeness (QED) is 0.490. The van der Waals surface area contributed by atoms with Gasteiger partial charge in [-0.2, -0.15) is 0 Å². The summed E-state index contributed by atoms with van der Waals surface area (Å²) < 4.78 is 0. The number of carboxylic acids is 2. The number of benzene rings is 1. The third kappa shape index (κ3) is 5.19. The number of hydrogen-bond donors (Lipinski definition) is 5. The van der Waals surface area contributed by atoms with E-state index in [1.807, 2.05) is 5.32 Å². The highest BCUT2D eigenvalue weighted by atomic mass is 16.4. The molecule has 9 nitrogen and oxygen atoms in total. The van der Waals surface area contributed by atoms with Crippen LogP contribution in [0, 0.1) is 0 Å². The van der Waals surface area contributed by atoms with Gasteiger partial charge in [-0.1, -0.05) is 6.07 Å². The van der Waals surface area contributed by atoms with Crippen LogP contribution < -0.4 is 16.4 Å². The number of nitrogens with two attached hydrogens (primary N) is 1. The number of nitrogens with one attached hydrogen (secondary N) is 2. The van der Waals surface area contributed by atoms with E-state index in [2.05, 4.69) is 5.32 Å². The molecule has 0 heterocycles. The molecule has 0 unspecified atom stereocenters. The third-order valence-corrected chi connectivity index (χ3v) is 2.39. The van der Waals surface area contributed by atoms with Crippen molar-refractivity contribution < 1.29 is 29.4 Å². The Balaban J connectivity index is 2.72. The molecule has 1 aromatic rings. The van der Waals surface area contributed by atoms with E-state index >= 15 is 0 Å². The fourth-order valence-corrected chi connectivity index (χ4v) is 1.45. The van der Waals surface area contributed by atoms with E-state index in [9.17, 15) is 19.2 Å². The summed E-state index contributed by atoms with van der Waals surface area (Å²) in [5.74, 6) is -3.52. The molecule has 1 rings (SSSR count). The van der Waals surface area contributed by atoms with Crippen molar-refractivity contribution >= 4 is 29.6 Å². The van der Waals surface area contributed by atoms with E-state index in [0.29, 0.717) is 0 Å². The zero-order valence-corrected chi connectivity index (χ0v) is 10.7. The van der Waals surface area contributed by atoms with Crippen LogP contribution in [0.15, 0.2) is 24.3 Å². The van der Waals surface area contributed by atoms with Crippen LogP contribution in [0.4, 0.5) is 10.5 Å². The van der Waals surface area contributed by atoms with Crippen LogP contribution in [-0.2, 0) is 9.59 Å². The second-order valence-electron chi connectivity index (χ2n) is 4.03. The minimum atomic E-state index is -1.57. The standard InChI is InChI=1S/C12H13N3O6/c13-10(18)6-2-1-3-7(4-6)14-12(21)15-8(11(19)20)5-9(16)17/h1-4,8H,5H2,(H2,13,18)(H,16,17)(H,19,20)(H2,14,15,21)/t8-/m1/s1. The van der Waals surface area contributed by atoms with Crippen molar-refractivity contribution in [3.63, 3.8) is 0 Å². The summed E-state index contributed by atoms with van der Waals surface area (Å²) in [5.41, 5.74) is 5.45. The van der Waals surface area contributed by atoms with Crippen LogP contribution in [0.3, 0.4) is 0 Å². The molecule has 1 aromatic carbocycles. The molecule has 0 saturated carbocycles. The minimum Gasteiger partial charge on any atom is -0.481 e. The van der Waals surface area contributed by atoms with Crippen LogP contribution in [-0.4, -0.2) is 40.1 Å². The molecule has 21 heavy (non-hydrogen) atoms. The Bertz CT molecular complexity index is 586. The fourth-order valence-electron chi connectivity index (χ4n) is 1.45. The number of urea groups is 1. The van der Waals surface area contributed by atoms with Crippen LogP contribution >= 0.6 is 0 Å². The lowest BCUT2D eigenvalue weighted by molar-refractivity contribution is -0.145. The molecule has 0 aromatic heterocycles. The Morgan fingerprint density at radius 3 is 2.38 bits per heavy atom. The molecule has 6 N–H and O–H groups in total. The van der Waals surface area contributed by atoms with Gasteiger partial charge in [-0.15, -0.1) is 0 Å². The molecule has 9 heteroatoms. The summed E-state index contributed by atoms with van der Waals surface area (Å²) in [6.45, 7) is 0. The van der Waals surface area contributed by atoms with Gasteiger partial charge in [0.2, 0.25) is 5.91 Å². The minimum absolute atomic E-state index is 0.160. The highest BCUT2D eigenvalue weighted by Gasteiger charge is 2.23. The number of hydrogen-bond acceptors (Lipinski definition) is 4. The Morgan fingerprint density at radius 1 is 1.19 bits per heavy atom. The summed E-state index contributed by atoms with van der Waals surface area (Å²) >= 11 is 0. The van der Waals surface area contributed by atoms with Crippen molar-refractivity contribution in [2.24, 2.45) is 5.73 Å². The van der Waals surface area contributed by atoms with Crippen molar-refractivity contribution in [1.29, 1.82) is 0 Å². The SMILES string of the molecule is NC(=O)c1cccc(NC(=O)N[C@H](CC(=O)O)C(=O)O)c1. The van der Waals surface area contributed by atoms with Crippen LogP contribution in [0.5, 0.6) is 0 Å². The number of aliphatic carboxylic acids is 2. The Hall–Kier alpha value is -3.10. The Morgan fingerprint density at radius 2 is 1.86 bits per heavy atom. The van der Waals surface area contributed by atoms with Crippen molar-refractivity contribution in [1.82, 2.24) is 5.32 Å². The molecule has 0 spiro atoms. The molecular weight excluding hydrogens is 282 g/mol. The van der Waals surface area contributed by atoms with E-state index in [4.69, 9.17) is 15.9 Å². The van der Waals surface area contributed by atoms with Crippen molar-refractivity contribution in [2.45, 2.75) is 12.5 Å². The number of carbonyl (C=O) groups is 4. The predicted molar refractivity (Wildman–Crippen MR) is 70.8 cm³/mol. The molecule has 0 aliphatic heterocycles. The molecule has 0 saturated heterocycles. The average molecular weight is 295 g/mol. The molecular formula is C12H13N3O6. The Kier molecular flexibility index (Phi) is 5.24. The zero-order valence-electron chi connectivity index (χ0n) is 10.7. The van der Waals surface area contributed by atoms with Gasteiger partial charge in [-0.3, -0.25) is 9.59 Å². The highest BCUT2D eigenvalue weighted by molar-refractivity contribution is 5.97. The van der Waals surface area contributed by atoms with E-state index in [1.54, 1.807) is 0 Å². The lowest BCUT2D eigenvalue weighted by Crippen LogP contribution is -2.44. The van der Waals surface area contributed by atoms with Crippen molar-refractivity contribution in [3.05, 3.63) is 29.8 Å². The molecule has 3 amide bonds. The largest absolute Gasteiger partial charge is 0.481 e. The second kappa shape index (κ2) is 6.89.